The Balaban J connectivity index is 1.88. The van der Waals surface area contributed by atoms with E-state index >= 15 is 0 Å². The highest BCUT2D eigenvalue weighted by Gasteiger charge is 2.44. The standard InChI is InChI=1S/C27H35O7PSi/c1-19(17-24(34-36(5,6)7)35(30,31-3)32-4)27(2)16-15-21-18-22(13-14-23(21)25(27)28)33-26(29)20-11-9-8-10-12-20/h8-14,17-19H,15-16H2,1-7H3/b24-17+. The zero-order valence-electron chi connectivity index (χ0n) is 22.0. The molecule has 2 atom stereocenters. The van der Waals surface area contributed by atoms with E-state index in [9.17, 15) is 14.2 Å². The topological polar surface area (TPSA) is 88.1 Å². The van der Waals surface area contributed by atoms with E-state index in [0.29, 0.717) is 29.7 Å². The first-order valence-corrected chi connectivity index (χ1v) is 16.9. The molecule has 7 nitrogen and oxygen atoms in total. The SMILES string of the molecule is COP(=O)(OC)/C(=C/C(C)C1(C)CCc2cc(OC(=O)c3ccccc3)ccc2C1=O)O[Si](C)(C)C. The number of aryl methyl sites for hydroxylation is 1. The summed E-state index contributed by atoms with van der Waals surface area (Å²) < 4.78 is 35.3. The Labute approximate surface area is 214 Å². The van der Waals surface area contributed by atoms with Crippen LogP contribution in [0.15, 0.2) is 60.1 Å². The summed E-state index contributed by atoms with van der Waals surface area (Å²) in [6, 6.07) is 13.9. The summed E-state index contributed by atoms with van der Waals surface area (Å²) in [4.78, 5) is 26.1. The van der Waals surface area contributed by atoms with Gasteiger partial charge >= 0.3 is 13.6 Å². The van der Waals surface area contributed by atoms with Gasteiger partial charge in [0.2, 0.25) is 8.32 Å². The predicted molar refractivity (Wildman–Crippen MR) is 142 cm³/mol. The Morgan fingerprint density at radius 3 is 2.31 bits per heavy atom. The Morgan fingerprint density at radius 1 is 1.08 bits per heavy atom. The molecule has 0 saturated heterocycles. The van der Waals surface area contributed by atoms with Crippen LogP contribution in [0.1, 0.15) is 46.5 Å². The summed E-state index contributed by atoms with van der Waals surface area (Å²) >= 11 is 0. The second kappa shape index (κ2) is 10.8. The molecule has 2 unspecified atom stereocenters. The second-order valence-electron chi connectivity index (χ2n) is 10.2. The van der Waals surface area contributed by atoms with Crippen LogP contribution in [0.3, 0.4) is 0 Å². The van der Waals surface area contributed by atoms with Crippen molar-refractivity contribution in [2.45, 2.75) is 46.3 Å². The van der Waals surface area contributed by atoms with Crippen LogP contribution in [0.2, 0.25) is 19.6 Å². The van der Waals surface area contributed by atoms with Crippen molar-refractivity contribution in [2.75, 3.05) is 14.2 Å². The number of hydrogen-bond donors (Lipinski definition) is 0. The maximum Gasteiger partial charge on any atom is 0.393 e. The van der Waals surface area contributed by atoms with Gasteiger partial charge in [-0.1, -0.05) is 32.0 Å². The van der Waals surface area contributed by atoms with Gasteiger partial charge in [-0.3, -0.25) is 9.36 Å². The van der Waals surface area contributed by atoms with Gasteiger partial charge in [0.05, 0.1) is 5.56 Å². The van der Waals surface area contributed by atoms with Crippen molar-refractivity contribution >= 4 is 27.7 Å². The van der Waals surface area contributed by atoms with E-state index in [4.69, 9.17) is 18.2 Å². The summed E-state index contributed by atoms with van der Waals surface area (Å²) in [5.41, 5.74) is 1.29. The number of fused-ring (bicyclic) bond motifs is 1. The van der Waals surface area contributed by atoms with Crippen molar-refractivity contribution in [3.05, 3.63) is 76.8 Å². The fraction of sp³-hybridized carbons (Fsp3) is 0.407. The number of ether oxygens (including phenoxy) is 1. The maximum atomic E-state index is 13.7. The zero-order valence-corrected chi connectivity index (χ0v) is 23.9. The zero-order chi connectivity index (χ0) is 26.7. The molecule has 1 aliphatic carbocycles. The Kier molecular flexibility index (Phi) is 8.46. The lowest BCUT2D eigenvalue weighted by atomic mass is 9.65. The summed E-state index contributed by atoms with van der Waals surface area (Å²) in [7, 11) is -3.15. The molecule has 194 valence electrons. The van der Waals surface area contributed by atoms with Crippen LogP contribution in [0.25, 0.3) is 0 Å². The van der Waals surface area contributed by atoms with E-state index < -0.39 is 27.3 Å². The van der Waals surface area contributed by atoms with Crippen molar-refractivity contribution in [3.8, 4) is 5.75 Å². The second-order valence-corrected chi connectivity index (χ2v) is 16.8. The van der Waals surface area contributed by atoms with Gasteiger partial charge in [0.1, 0.15) is 5.75 Å². The number of benzene rings is 2. The van der Waals surface area contributed by atoms with E-state index in [1.165, 1.54) is 14.2 Å². The molecule has 3 rings (SSSR count). The first kappa shape index (κ1) is 28.1. The fourth-order valence-corrected chi connectivity index (χ4v) is 7.08. The van der Waals surface area contributed by atoms with Gasteiger partial charge in [0, 0.05) is 25.2 Å². The molecule has 1 aliphatic rings. The van der Waals surface area contributed by atoms with E-state index in [2.05, 4.69) is 0 Å². The van der Waals surface area contributed by atoms with Gasteiger partial charge in [-0.2, -0.15) is 0 Å². The van der Waals surface area contributed by atoms with Crippen molar-refractivity contribution in [3.63, 3.8) is 0 Å². The summed E-state index contributed by atoms with van der Waals surface area (Å²) in [5.74, 6) is -0.375. The van der Waals surface area contributed by atoms with Crippen molar-refractivity contribution in [1.82, 2.24) is 0 Å². The lowest BCUT2D eigenvalue weighted by Gasteiger charge is -2.38. The van der Waals surface area contributed by atoms with Gasteiger partial charge in [-0.15, -0.1) is 0 Å². The van der Waals surface area contributed by atoms with Crippen LogP contribution in [-0.4, -0.2) is 34.3 Å². The molecule has 0 N–H and O–H groups in total. The number of esters is 1. The predicted octanol–water partition coefficient (Wildman–Crippen LogP) is 6.86. The summed E-state index contributed by atoms with van der Waals surface area (Å²) in [6.07, 6.45) is 2.92. The van der Waals surface area contributed by atoms with Gasteiger partial charge < -0.3 is 18.2 Å². The molecule has 0 bridgehead atoms. The maximum absolute atomic E-state index is 13.7. The molecule has 0 saturated carbocycles. The van der Waals surface area contributed by atoms with Crippen LogP contribution in [0, 0.1) is 11.3 Å². The molecule has 0 aromatic heterocycles. The highest BCUT2D eigenvalue weighted by Crippen LogP contribution is 2.57. The van der Waals surface area contributed by atoms with Crippen LogP contribution < -0.4 is 4.74 Å². The number of allylic oxidation sites excluding steroid dienone is 1. The number of carbonyl (C=O) groups is 2. The first-order valence-electron chi connectivity index (χ1n) is 11.9. The molecule has 2 aromatic carbocycles. The fourth-order valence-electron chi connectivity index (χ4n) is 4.20. The molecule has 9 heteroatoms. The highest BCUT2D eigenvalue weighted by molar-refractivity contribution is 7.58. The number of hydrogen-bond acceptors (Lipinski definition) is 7. The lowest BCUT2D eigenvalue weighted by Crippen LogP contribution is -2.38. The van der Waals surface area contributed by atoms with Gasteiger partial charge in [0.25, 0.3) is 0 Å². The molecule has 0 heterocycles. The quantitative estimate of drug-likeness (QED) is 0.115. The molecular formula is C27H35O7PSi. The number of carbonyl (C=O) groups excluding carboxylic acids is 2. The average Bonchev–Trinajstić information content (AvgIpc) is 2.85. The largest absolute Gasteiger partial charge is 0.539 e. The molecule has 0 radical (unpaired) electrons. The monoisotopic (exact) mass is 530 g/mol. The number of Topliss-reactive ketones (excluding diaryl/α,β-unsaturated/α-hetero) is 1. The van der Waals surface area contributed by atoms with Crippen LogP contribution in [0.4, 0.5) is 0 Å². The van der Waals surface area contributed by atoms with Gasteiger partial charge in [0.15, 0.2) is 11.3 Å². The minimum absolute atomic E-state index is 0.0227. The average molecular weight is 531 g/mol. The molecule has 0 fully saturated rings. The van der Waals surface area contributed by atoms with Gasteiger partial charge in [-0.05, 0) is 80.4 Å². The highest BCUT2D eigenvalue weighted by atomic mass is 31.2. The summed E-state index contributed by atoms with van der Waals surface area (Å²) in [6.45, 7) is 9.77. The Hall–Kier alpha value is -2.51. The van der Waals surface area contributed by atoms with E-state index in [1.54, 1.807) is 48.5 Å². The lowest BCUT2D eigenvalue weighted by molar-refractivity contribution is 0.0720. The van der Waals surface area contributed by atoms with Crippen LogP contribution in [-0.2, 0) is 24.5 Å². The molecule has 0 amide bonds. The smallest absolute Gasteiger partial charge is 0.393 e. The Bertz CT molecular complexity index is 1190. The minimum Gasteiger partial charge on any atom is -0.539 e. The third-order valence-electron chi connectivity index (χ3n) is 6.53. The molecule has 0 aliphatic heterocycles. The Morgan fingerprint density at radius 2 is 1.72 bits per heavy atom. The van der Waals surface area contributed by atoms with E-state index in [-0.39, 0.29) is 17.2 Å². The third-order valence-corrected chi connectivity index (χ3v) is 9.28. The van der Waals surface area contributed by atoms with Crippen LogP contribution >= 0.6 is 7.60 Å². The van der Waals surface area contributed by atoms with Crippen LogP contribution in [0.5, 0.6) is 5.75 Å². The first-order chi connectivity index (χ1) is 16.8. The normalized spacial score (nSPS) is 19.4. The third kappa shape index (κ3) is 6.06. The summed E-state index contributed by atoms with van der Waals surface area (Å²) in [5, 5.41) is 0. The molecule has 2 aromatic rings. The van der Waals surface area contributed by atoms with Crippen molar-refractivity contribution < 1.29 is 32.4 Å². The van der Waals surface area contributed by atoms with E-state index in [0.717, 1.165) is 5.56 Å². The van der Waals surface area contributed by atoms with Gasteiger partial charge in [-0.25, -0.2) is 4.79 Å². The molecule has 36 heavy (non-hydrogen) atoms. The molecule has 0 spiro atoms. The number of rotatable bonds is 9. The van der Waals surface area contributed by atoms with Crippen molar-refractivity contribution in [1.29, 1.82) is 0 Å². The van der Waals surface area contributed by atoms with E-state index in [1.807, 2.05) is 39.6 Å². The minimum atomic E-state index is -3.64. The molecular weight excluding hydrogens is 495 g/mol. The number of ketones is 1. The van der Waals surface area contributed by atoms with Crippen molar-refractivity contribution in [2.24, 2.45) is 11.3 Å².